The molecular formula is C10H17FO3S. The largest absolute Gasteiger partial charge is 0.469 e. The lowest BCUT2D eigenvalue weighted by atomic mass is 10.1. The topological polar surface area (TPSA) is 43.4 Å². The number of rotatable bonds is 7. The molecule has 0 aromatic heterocycles. The Bertz CT molecular complexity index is 251. The normalized spacial score (nSPS) is 19.6. The van der Waals surface area contributed by atoms with E-state index in [1.807, 2.05) is 0 Å². The molecule has 0 saturated heterocycles. The minimum absolute atomic E-state index is 0.103. The lowest BCUT2D eigenvalue weighted by Gasteiger charge is -2.12. The molecule has 0 aromatic rings. The Morgan fingerprint density at radius 2 is 2.20 bits per heavy atom. The first-order valence-electron chi connectivity index (χ1n) is 5.10. The van der Waals surface area contributed by atoms with Gasteiger partial charge in [-0.25, -0.2) is 0 Å². The molecule has 1 fully saturated rings. The third kappa shape index (κ3) is 4.28. The Labute approximate surface area is 91.8 Å². The first-order valence-corrected chi connectivity index (χ1v) is 6.58. The fraction of sp³-hybridized carbons (Fsp3) is 0.900. The first-order chi connectivity index (χ1) is 7.12. The maximum Gasteiger partial charge on any atom is 0.306 e. The minimum Gasteiger partial charge on any atom is -0.469 e. The number of hydrogen-bond donors (Lipinski definition) is 0. The first kappa shape index (κ1) is 12.6. The zero-order valence-corrected chi connectivity index (χ0v) is 9.78. The Morgan fingerprint density at radius 3 is 2.67 bits per heavy atom. The van der Waals surface area contributed by atoms with Crippen LogP contribution in [0.4, 0.5) is 4.39 Å². The molecule has 88 valence electrons. The summed E-state index contributed by atoms with van der Waals surface area (Å²) in [5.74, 6) is 0.677. The molecule has 0 radical (unpaired) electrons. The van der Waals surface area contributed by atoms with Gasteiger partial charge < -0.3 is 4.74 Å². The van der Waals surface area contributed by atoms with E-state index in [1.165, 1.54) is 7.11 Å². The summed E-state index contributed by atoms with van der Waals surface area (Å²) in [5.41, 5.74) is -0.103. The Morgan fingerprint density at radius 1 is 1.53 bits per heavy atom. The third-order valence-electron chi connectivity index (χ3n) is 2.68. The fourth-order valence-electron chi connectivity index (χ4n) is 1.56. The zero-order valence-electron chi connectivity index (χ0n) is 8.96. The molecule has 0 bridgehead atoms. The number of hydrogen-bond acceptors (Lipinski definition) is 3. The van der Waals surface area contributed by atoms with Gasteiger partial charge in [-0.2, -0.15) is 0 Å². The van der Waals surface area contributed by atoms with Crippen molar-refractivity contribution < 1.29 is 18.1 Å². The van der Waals surface area contributed by atoms with Gasteiger partial charge in [0, 0.05) is 22.3 Å². The van der Waals surface area contributed by atoms with E-state index in [4.69, 9.17) is 0 Å². The van der Waals surface area contributed by atoms with Gasteiger partial charge in [0.25, 0.3) is 0 Å². The van der Waals surface area contributed by atoms with Crippen molar-refractivity contribution >= 4 is 16.8 Å². The van der Waals surface area contributed by atoms with Crippen LogP contribution in [0.2, 0.25) is 0 Å². The number of methoxy groups -OCH3 is 1. The second kappa shape index (κ2) is 5.58. The summed E-state index contributed by atoms with van der Waals surface area (Å²) in [6, 6.07) is 0. The Balaban J connectivity index is 2.30. The standard InChI is InChI=1S/C10H17FO3S/c1-14-9(12)7-10(3-4-10)8-15(13)6-2-5-11/h2-8H2,1H3. The highest BCUT2D eigenvalue weighted by molar-refractivity contribution is 7.85. The Kier molecular flexibility index (Phi) is 4.70. The summed E-state index contributed by atoms with van der Waals surface area (Å²) < 4.78 is 28.0. The number of halogens is 1. The number of alkyl halides is 1. The third-order valence-corrected chi connectivity index (χ3v) is 4.36. The van der Waals surface area contributed by atoms with Crippen LogP contribution in [0.25, 0.3) is 0 Å². The molecule has 5 heteroatoms. The molecule has 0 amide bonds. The molecule has 0 N–H and O–H groups in total. The fourth-order valence-corrected chi connectivity index (χ4v) is 3.21. The summed E-state index contributed by atoms with van der Waals surface area (Å²) in [7, 11) is 0.367. The van der Waals surface area contributed by atoms with Gasteiger partial charge in [0.2, 0.25) is 0 Å². The van der Waals surface area contributed by atoms with Crippen LogP contribution < -0.4 is 0 Å². The number of esters is 1. The molecular weight excluding hydrogens is 219 g/mol. The van der Waals surface area contributed by atoms with Crippen LogP contribution in [0.15, 0.2) is 0 Å². The zero-order chi connectivity index (χ0) is 11.3. The van der Waals surface area contributed by atoms with Gasteiger partial charge in [0.15, 0.2) is 0 Å². The van der Waals surface area contributed by atoms with Gasteiger partial charge in [-0.1, -0.05) is 0 Å². The Hall–Kier alpha value is -0.450. The molecule has 0 aromatic carbocycles. The number of ether oxygens (including phenoxy) is 1. The maximum atomic E-state index is 11.9. The van der Waals surface area contributed by atoms with Gasteiger partial charge in [0.05, 0.1) is 20.2 Å². The average Bonchev–Trinajstić information content (AvgIpc) is 2.94. The van der Waals surface area contributed by atoms with Crippen molar-refractivity contribution in [3.05, 3.63) is 0 Å². The van der Waals surface area contributed by atoms with Crippen LogP contribution in [-0.4, -0.2) is 35.5 Å². The molecule has 1 saturated carbocycles. The molecule has 1 unspecified atom stereocenters. The highest BCUT2D eigenvalue weighted by atomic mass is 32.2. The molecule has 0 aliphatic heterocycles. The summed E-state index contributed by atoms with van der Waals surface area (Å²) in [5, 5.41) is 0. The van der Waals surface area contributed by atoms with E-state index in [-0.39, 0.29) is 11.4 Å². The quantitative estimate of drug-likeness (QED) is 0.628. The number of carbonyl (C=O) groups is 1. The van der Waals surface area contributed by atoms with Crippen molar-refractivity contribution in [2.75, 3.05) is 25.3 Å². The van der Waals surface area contributed by atoms with E-state index in [0.717, 1.165) is 12.8 Å². The van der Waals surface area contributed by atoms with Crippen LogP contribution in [0.1, 0.15) is 25.7 Å². The summed E-state index contributed by atoms with van der Waals surface area (Å²) in [6.45, 7) is -0.421. The summed E-state index contributed by atoms with van der Waals surface area (Å²) in [6.07, 6.45) is 2.57. The molecule has 1 aliphatic carbocycles. The van der Waals surface area contributed by atoms with Crippen molar-refractivity contribution in [1.29, 1.82) is 0 Å². The highest BCUT2D eigenvalue weighted by Crippen LogP contribution is 2.49. The molecule has 1 aliphatic rings. The lowest BCUT2D eigenvalue weighted by molar-refractivity contribution is -0.141. The number of carbonyl (C=O) groups excluding carboxylic acids is 1. The van der Waals surface area contributed by atoms with E-state index in [9.17, 15) is 13.4 Å². The minimum atomic E-state index is -0.993. The smallest absolute Gasteiger partial charge is 0.306 e. The van der Waals surface area contributed by atoms with Crippen molar-refractivity contribution in [1.82, 2.24) is 0 Å². The van der Waals surface area contributed by atoms with E-state index in [1.54, 1.807) is 0 Å². The summed E-state index contributed by atoms with van der Waals surface area (Å²) in [4.78, 5) is 11.1. The summed E-state index contributed by atoms with van der Waals surface area (Å²) >= 11 is 0. The van der Waals surface area contributed by atoms with E-state index in [2.05, 4.69) is 4.74 Å². The maximum absolute atomic E-state index is 11.9. The van der Waals surface area contributed by atoms with Crippen molar-refractivity contribution in [2.45, 2.75) is 25.7 Å². The van der Waals surface area contributed by atoms with E-state index < -0.39 is 17.5 Å². The predicted octanol–water partition coefficient (Wildman–Crippen LogP) is 1.44. The van der Waals surface area contributed by atoms with Crippen LogP contribution in [0.5, 0.6) is 0 Å². The van der Waals surface area contributed by atoms with Gasteiger partial charge in [-0.05, 0) is 24.7 Å². The van der Waals surface area contributed by atoms with Crippen LogP contribution in [-0.2, 0) is 20.3 Å². The van der Waals surface area contributed by atoms with E-state index in [0.29, 0.717) is 24.3 Å². The second-order valence-corrected chi connectivity index (χ2v) is 5.66. The monoisotopic (exact) mass is 236 g/mol. The second-order valence-electron chi connectivity index (χ2n) is 4.08. The SMILES string of the molecule is COC(=O)CC1(CS(=O)CCCF)CC1. The van der Waals surface area contributed by atoms with E-state index >= 15 is 0 Å². The van der Waals surface area contributed by atoms with Gasteiger partial charge in [-0.3, -0.25) is 13.4 Å². The average molecular weight is 236 g/mol. The predicted molar refractivity (Wildman–Crippen MR) is 56.8 cm³/mol. The van der Waals surface area contributed by atoms with Crippen molar-refractivity contribution in [3.63, 3.8) is 0 Å². The van der Waals surface area contributed by atoms with Gasteiger partial charge in [0.1, 0.15) is 0 Å². The molecule has 15 heavy (non-hydrogen) atoms. The lowest BCUT2D eigenvalue weighted by Crippen LogP contribution is -2.19. The van der Waals surface area contributed by atoms with Gasteiger partial charge >= 0.3 is 5.97 Å². The molecule has 1 atom stereocenters. The molecule has 1 rings (SSSR count). The van der Waals surface area contributed by atoms with Crippen molar-refractivity contribution in [3.8, 4) is 0 Å². The van der Waals surface area contributed by atoms with Crippen LogP contribution in [0, 0.1) is 5.41 Å². The van der Waals surface area contributed by atoms with Gasteiger partial charge in [-0.15, -0.1) is 0 Å². The van der Waals surface area contributed by atoms with Crippen molar-refractivity contribution in [2.24, 2.45) is 5.41 Å². The molecule has 0 heterocycles. The van der Waals surface area contributed by atoms with Crippen LogP contribution in [0.3, 0.4) is 0 Å². The molecule has 0 spiro atoms. The highest BCUT2D eigenvalue weighted by Gasteiger charge is 2.45. The van der Waals surface area contributed by atoms with Crippen LogP contribution >= 0.6 is 0 Å². The molecule has 3 nitrogen and oxygen atoms in total.